The molecular formula is C22H19N2O+. The van der Waals surface area contributed by atoms with Crippen molar-refractivity contribution in [1.29, 1.82) is 0 Å². The van der Waals surface area contributed by atoms with E-state index in [1.165, 1.54) is 0 Å². The fourth-order valence-corrected chi connectivity index (χ4v) is 3.32. The first-order valence-corrected chi connectivity index (χ1v) is 8.06. The van der Waals surface area contributed by atoms with Crippen LogP contribution in [0.4, 0.5) is 5.69 Å². The van der Waals surface area contributed by atoms with Crippen LogP contribution in [0.5, 0.6) is 0 Å². The van der Waals surface area contributed by atoms with E-state index in [1.807, 2.05) is 49.7 Å². The van der Waals surface area contributed by atoms with Gasteiger partial charge in [0.15, 0.2) is 11.4 Å². The van der Waals surface area contributed by atoms with E-state index in [9.17, 15) is 0 Å². The second-order valence-electron chi connectivity index (χ2n) is 6.31. The number of fused-ring (bicyclic) bond motifs is 3. The molecule has 0 aliphatic carbocycles. The van der Waals surface area contributed by atoms with Crippen LogP contribution in [0.3, 0.4) is 0 Å². The third-order valence-corrected chi connectivity index (χ3v) is 4.88. The van der Waals surface area contributed by atoms with Gasteiger partial charge in [-0.3, -0.25) is 0 Å². The summed E-state index contributed by atoms with van der Waals surface area (Å²) < 4.78 is 31.3. The van der Waals surface area contributed by atoms with Crippen LogP contribution < -0.4 is 4.57 Å². The topological polar surface area (TPSA) is 21.4 Å². The van der Waals surface area contributed by atoms with Gasteiger partial charge in [-0.25, -0.2) is 4.85 Å². The van der Waals surface area contributed by atoms with Crippen molar-refractivity contribution in [2.24, 2.45) is 7.05 Å². The van der Waals surface area contributed by atoms with E-state index >= 15 is 0 Å². The molecule has 2 aromatic carbocycles. The third-order valence-electron chi connectivity index (χ3n) is 4.88. The molecule has 0 radical (unpaired) electrons. The van der Waals surface area contributed by atoms with E-state index in [1.54, 1.807) is 18.2 Å². The summed E-state index contributed by atoms with van der Waals surface area (Å²) in [6.07, 6.45) is 0. The first kappa shape index (κ1) is 12.3. The van der Waals surface area contributed by atoms with Crippen molar-refractivity contribution in [3.05, 3.63) is 70.7 Å². The first-order chi connectivity index (χ1) is 13.2. The highest BCUT2D eigenvalue weighted by Gasteiger charge is 2.22. The van der Waals surface area contributed by atoms with E-state index in [-0.39, 0.29) is 0 Å². The van der Waals surface area contributed by atoms with E-state index in [0.717, 1.165) is 33.2 Å². The second kappa shape index (κ2) is 5.46. The molecule has 0 amide bonds. The molecule has 0 aliphatic rings. The van der Waals surface area contributed by atoms with Crippen molar-refractivity contribution in [3.8, 4) is 11.3 Å². The molecule has 4 aromatic rings. The van der Waals surface area contributed by atoms with Crippen LogP contribution in [-0.2, 0) is 7.05 Å². The van der Waals surface area contributed by atoms with E-state index in [4.69, 9.17) is 15.1 Å². The fraction of sp³-hybridized carbons (Fsp3) is 0.182. The Hall–Kier alpha value is -3.12. The lowest BCUT2D eigenvalue weighted by molar-refractivity contribution is -0.667. The molecule has 0 atom stereocenters. The quantitative estimate of drug-likeness (QED) is 0.331. The summed E-state index contributed by atoms with van der Waals surface area (Å²) in [7, 11) is 1.87. The Bertz CT molecular complexity index is 1290. The molecule has 0 fully saturated rings. The maximum Gasteiger partial charge on any atom is 0.216 e. The van der Waals surface area contributed by atoms with Crippen LogP contribution >= 0.6 is 0 Å². The van der Waals surface area contributed by atoms with Gasteiger partial charge in [0.2, 0.25) is 5.69 Å². The Balaban J connectivity index is 2.05. The van der Waals surface area contributed by atoms with Crippen LogP contribution in [0.2, 0.25) is 0 Å². The first-order valence-electron chi connectivity index (χ1n) is 9.56. The van der Waals surface area contributed by atoms with Gasteiger partial charge in [-0.1, -0.05) is 24.3 Å². The number of furan rings is 1. The Kier molecular flexibility index (Phi) is 2.68. The number of hydrogen-bond acceptors (Lipinski definition) is 1. The van der Waals surface area contributed by atoms with Crippen molar-refractivity contribution >= 4 is 27.6 Å². The van der Waals surface area contributed by atoms with Crippen molar-refractivity contribution in [2.45, 2.75) is 20.7 Å². The number of aromatic nitrogens is 1. The Morgan fingerprint density at radius 2 is 1.80 bits per heavy atom. The maximum absolute atomic E-state index is 7.75. The number of benzene rings is 2. The van der Waals surface area contributed by atoms with Gasteiger partial charge in [0.25, 0.3) is 0 Å². The predicted octanol–water partition coefficient (Wildman–Crippen LogP) is 5.55. The number of aryl methyl sites for hydroxylation is 2. The largest absolute Gasteiger partial charge is 0.456 e. The average Bonchev–Trinajstić information content (AvgIpc) is 3.00. The molecule has 0 aliphatic heterocycles. The Morgan fingerprint density at radius 1 is 1.04 bits per heavy atom. The minimum Gasteiger partial charge on any atom is -0.456 e. The Morgan fingerprint density at radius 3 is 2.56 bits per heavy atom. The normalized spacial score (nSPS) is 13.4. The zero-order chi connectivity index (χ0) is 20.2. The smallest absolute Gasteiger partial charge is 0.216 e. The van der Waals surface area contributed by atoms with Crippen molar-refractivity contribution in [3.63, 3.8) is 0 Å². The van der Waals surface area contributed by atoms with Crippen LogP contribution in [0.25, 0.3) is 38.0 Å². The molecule has 3 heteroatoms. The van der Waals surface area contributed by atoms with Gasteiger partial charge in [0, 0.05) is 33.4 Å². The van der Waals surface area contributed by atoms with Crippen molar-refractivity contribution < 1.29 is 13.1 Å². The molecular weight excluding hydrogens is 308 g/mol. The monoisotopic (exact) mass is 330 g/mol. The van der Waals surface area contributed by atoms with E-state index in [2.05, 4.69) is 4.85 Å². The summed E-state index contributed by atoms with van der Waals surface area (Å²) >= 11 is 0. The molecule has 2 heterocycles. The van der Waals surface area contributed by atoms with Gasteiger partial charge in [0.05, 0.1) is 12.1 Å². The highest BCUT2D eigenvalue weighted by molar-refractivity contribution is 6.10. The van der Waals surface area contributed by atoms with Gasteiger partial charge in [-0.05, 0) is 31.5 Å². The summed E-state index contributed by atoms with van der Waals surface area (Å²) in [6, 6.07) is 13.0. The average molecular weight is 330 g/mol. The second-order valence-corrected chi connectivity index (χ2v) is 6.31. The zero-order valence-electron chi connectivity index (χ0n) is 17.3. The van der Waals surface area contributed by atoms with Gasteiger partial charge in [0.1, 0.15) is 18.2 Å². The minimum atomic E-state index is -2.16. The van der Waals surface area contributed by atoms with Crippen molar-refractivity contribution in [2.75, 3.05) is 0 Å². The fourth-order valence-electron chi connectivity index (χ4n) is 3.32. The third kappa shape index (κ3) is 2.22. The molecule has 3 nitrogen and oxygen atoms in total. The summed E-state index contributed by atoms with van der Waals surface area (Å²) in [5, 5.41) is 1.94. The molecule has 25 heavy (non-hydrogen) atoms. The van der Waals surface area contributed by atoms with Crippen LogP contribution in [-0.4, -0.2) is 0 Å². The van der Waals surface area contributed by atoms with Gasteiger partial charge >= 0.3 is 0 Å². The lowest BCUT2D eigenvalue weighted by atomic mass is 9.99. The number of rotatable bonds is 1. The van der Waals surface area contributed by atoms with E-state index in [0.29, 0.717) is 22.5 Å². The van der Waals surface area contributed by atoms with Gasteiger partial charge in [-0.15, -0.1) is 0 Å². The molecule has 0 saturated heterocycles. The maximum atomic E-state index is 7.75. The van der Waals surface area contributed by atoms with Gasteiger partial charge in [-0.2, -0.15) is 4.57 Å². The van der Waals surface area contributed by atoms with Crippen LogP contribution in [0.1, 0.15) is 20.9 Å². The molecule has 2 aromatic heterocycles. The standard InChI is InChI=1S/C22H19N2O/c1-13-7-11-19(24(5)15(13)3)21-14(2)6-9-18-17-10-8-16(23-4)12-20(17)25-22(18)21/h6-12H,1-3,5H3/q+1/i1D3. The molecule has 4 rings (SSSR count). The molecule has 0 spiro atoms. The number of pyridine rings is 1. The van der Waals surface area contributed by atoms with Crippen LogP contribution in [0.15, 0.2) is 46.9 Å². The highest BCUT2D eigenvalue weighted by Crippen LogP contribution is 2.38. The van der Waals surface area contributed by atoms with E-state index < -0.39 is 6.85 Å². The number of nitrogens with zero attached hydrogens (tertiary/aromatic N) is 2. The molecule has 0 N–H and O–H groups in total. The summed E-state index contributed by atoms with van der Waals surface area (Å²) in [4.78, 5) is 3.48. The predicted molar refractivity (Wildman–Crippen MR) is 101 cm³/mol. The molecule has 0 saturated carbocycles. The zero-order valence-corrected chi connectivity index (χ0v) is 14.3. The lowest BCUT2D eigenvalue weighted by Crippen LogP contribution is -2.35. The highest BCUT2D eigenvalue weighted by atomic mass is 16.3. The van der Waals surface area contributed by atoms with Crippen LogP contribution in [0, 0.1) is 27.3 Å². The number of hydrogen-bond donors (Lipinski definition) is 0. The summed E-state index contributed by atoms with van der Waals surface area (Å²) in [5.74, 6) is 0. The van der Waals surface area contributed by atoms with Crippen molar-refractivity contribution in [1.82, 2.24) is 0 Å². The van der Waals surface area contributed by atoms with Gasteiger partial charge < -0.3 is 4.42 Å². The lowest BCUT2D eigenvalue weighted by Gasteiger charge is -2.08. The summed E-state index contributed by atoms with van der Waals surface area (Å²) in [5.41, 5.74) is 5.85. The SMILES string of the molecule is [2H]C([2H])([2H])c1ccc(-c2c(C)ccc3c2oc2cc([N+]#[C-])ccc23)[n+](C)c1C. The Labute approximate surface area is 151 Å². The molecule has 122 valence electrons. The molecule has 0 unspecified atom stereocenters. The molecule has 0 bridgehead atoms. The minimum absolute atomic E-state index is 0.342. The summed E-state index contributed by atoms with van der Waals surface area (Å²) in [6.45, 7) is 8.90.